The number of carbonyl (C=O) groups is 1. The molecular formula is C11H21N7O. The van der Waals surface area contributed by atoms with E-state index < -0.39 is 0 Å². The zero-order valence-electron chi connectivity index (χ0n) is 11.8. The molecule has 0 saturated carbocycles. The molecule has 1 rings (SSSR count). The summed E-state index contributed by atoms with van der Waals surface area (Å²) in [5, 5.41) is 5.61. The Hall–Kier alpha value is -2.12. The summed E-state index contributed by atoms with van der Waals surface area (Å²) in [4.78, 5) is 25.3. The van der Waals surface area contributed by atoms with Gasteiger partial charge in [0.15, 0.2) is 0 Å². The number of anilines is 3. The van der Waals surface area contributed by atoms with Crippen molar-refractivity contribution in [3.05, 3.63) is 0 Å². The van der Waals surface area contributed by atoms with Crippen LogP contribution in [-0.2, 0) is 4.79 Å². The Balaban J connectivity index is 2.55. The summed E-state index contributed by atoms with van der Waals surface area (Å²) in [6.07, 6.45) is 0. The molecule has 19 heavy (non-hydrogen) atoms. The fourth-order valence-electron chi connectivity index (χ4n) is 1.20. The van der Waals surface area contributed by atoms with E-state index in [4.69, 9.17) is 5.73 Å². The molecule has 0 atom stereocenters. The van der Waals surface area contributed by atoms with Crippen LogP contribution in [0.2, 0.25) is 0 Å². The second-order valence-corrected chi connectivity index (χ2v) is 4.76. The molecule has 8 nitrogen and oxygen atoms in total. The standard InChI is InChI=1S/C11H21N7O/c1-7(2)5-13-8(19)6-14-10-15-9(12)16-11(17-10)18(3)4/h7H,5-6H2,1-4H3,(H,13,19)(H3,12,14,15,16,17). The average molecular weight is 267 g/mol. The van der Waals surface area contributed by atoms with Gasteiger partial charge in [0.1, 0.15) is 0 Å². The van der Waals surface area contributed by atoms with Crippen LogP contribution in [0.1, 0.15) is 13.8 Å². The molecule has 1 amide bonds. The van der Waals surface area contributed by atoms with E-state index >= 15 is 0 Å². The van der Waals surface area contributed by atoms with Crippen molar-refractivity contribution >= 4 is 23.8 Å². The quantitative estimate of drug-likeness (QED) is 0.649. The zero-order valence-corrected chi connectivity index (χ0v) is 11.8. The molecule has 0 bridgehead atoms. The number of carbonyl (C=O) groups excluding carboxylic acids is 1. The minimum atomic E-state index is -0.112. The lowest BCUT2D eigenvalue weighted by atomic mass is 10.2. The minimum absolute atomic E-state index is 0.100. The summed E-state index contributed by atoms with van der Waals surface area (Å²) >= 11 is 0. The number of aromatic nitrogens is 3. The largest absolute Gasteiger partial charge is 0.368 e. The molecule has 0 spiro atoms. The highest BCUT2D eigenvalue weighted by Crippen LogP contribution is 2.08. The predicted octanol–water partition coefficient (Wildman–Crippen LogP) is -0.296. The number of nitrogens with zero attached hydrogens (tertiary/aromatic N) is 4. The van der Waals surface area contributed by atoms with Crippen molar-refractivity contribution in [3.63, 3.8) is 0 Å². The van der Waals surface area contributed by atoms with Crippen molar-refractivity contribution < 1.29 is 4.79 Å². The average Bonchev–Trinajstić information content (AvgIpc) is 2.33. The molecule has 0 aromatic carbocycles. The van der Waals surface area contributed by atoms with Gasteiger partial charge in [-0.05, 0) is 5.92 Å². The number of hydrogen-bond donors (Lipinski definition) is 3. The summed E-state index contributed by atoms with van der Waals surface area (Å²) in [6.45, 7) is 4.80. The van der Waals surface area contributed by atoms with Crippen LogP contribution in [0.3, 0.4) is 0 Å². The van der Waals surface area contributed by atoms with Crippen molar-refractivity contribution in [1.82, 2.24) is 20.3 Å². The highest BCUT2D eigenvalue weighted by Gasteiger charge is 2.07. The molecule has 8 heteroatoms. The van der Waals surface area contributed by atoms with Crippen LogP contribution in [0.4, 0.5) is 17.8 Å². The Morgan fingerprint density at radius 1 is 1.32 bits per heavy atom. The molecule has 0 radical (unpaired) electrons. The van der Waals surface area contributed by atoms with E-state index in [1.807, 2.05) is 13.8 Å². The third-order valence-corrected chi connectivity index (χ3v) is 2.16. The summed E-state index contributed by atoms with van der Waals surface area (Å²) in [5.74, 6) is 1.15. The van der Waals surface area contributed by atoms with Gasteiger partial charge >= 0.3 is 0 Å². The Bertz CT molecular complexity index is 433. The van der Waals surface area contributed by atoms with Crippen LogP contribution in [0.15, 0.2) is 0 Å². The van der Waals surface area contributed by atoms with Crippen molar-refractivity contribution in [2.75, 3.05) is 43.1 Å². The van der Waals surface area contributed by atoms with E-state index in [1.54, 1.807) is 19.0 Å². The molecule has 0 unspecified atom stereocenters. The van der Waals surface area contributed by atoms with Gasteiger partial charge in [0.25, 0.3) is 0 Å². The molecule has 4 N–H and O–H groups in total. The van der Waals surface area contributed by atoms with Crippen molar-refractivity contribution in [2.45, 2.75) is 13.8 Å². The monoisotopic (exact) mass is 267 g/mol. The van der Waals surface area contributed by atoms with E-state index in [0.29, 0.717) is 18.4 Å². The Kier molecular flexibility index (Phi) is 5.28. The van der Waals surface area contributed by atoms with Gasteiger partial charge in [-0.25, -0.2) is 0 Å². The molecule has 1 aromatic heterocycles. The Morgan fingerprint density at radius 2 is 2.00 bits per heavy atom. The number of amides is 1. The summed E-state index contributed by atoms with van der Waals surface area (Å²) < 4.78 is 0. The van der Waals surface area contributed by atoms with Crippen LogP contribution in [-0.4, -0.2) is 48.0 Å². The molecule has 0 aliphatic heterocycles. The Labute approximate surface area is 112 Å². The maximum Gasteiger partial charge on any atom is 0.239 e. The van der Waals surface area contributed by atoms with Crippen LogP contribution in [0.5, 0.6) is 0 Å². The number of rotatable bonds is 6. The lowest BCUT2D eigenvalue weighted by Gasteiger charge is -2.12. The maximum absolute atomic E-state index is 11.5. The first-order valence-corrected chi connectivity index (χ1v) is 6.08. The molecule has 0 fully saturated rings. The fourth-order valence-corrected chi connectivity index (χ4v) is 1.20. The van der Waals surface area contributed by atoms with Crippen LogP contribution < -0.4 is 21.3 Å². The van der Waals surface area contributed by atoms with Crippen molar-refractivity contribution in [3.8, 4) is 0 Å². The van der Waals surface area contributed by atoms with Crippen LogP contribution in [0, 0.1) is 5.92 Å². The van der Waals surface area contributed by atoms with Gasteiger partial charge in [-0.3, -0.25) is 4.79 Å². The summed E-state index contributed by atoms with van der Waals surface area (Å²) in [7, 11) is 3.60. The number of nitrogens with two attached hydrogens (primary N) is 1. The third-order valence-electron chi connectivity index (χ3n) is 2.16. The first-order valence-electron chi connectivity index (χ1n) is 6.08. The first kappa shape index (κ1) is 14.9. The molecule has 1 aromatic rings. The van der Waals surface area contributed by atoms with Crippen molar-refractivity contribution in [1.29, 1.82) is 0 Å². The molecular weight excluding hydrogens is 246 g/mol. The van der Waals surface area contributed by atoms with Gasteiger partial charge in [-0.2, -0.15) is 15.0 Å². The van der Waals surface area contributed by atoms with Crippen LogP contribution in [0.25, 0.3) is 0 Å². The smallest absolute Gasteiger partial charge is 0.239 e. The topological polar surface area (TPSA) is 109 Å². The van der Waals surface area contributed by atoms with Crippen LogP contribution >= 0.6 is 0 Å². The Morgan fingerprint density at radius 3 is 2.58 bits per heavy atom. The lowest BCUT2D eigenvalue weighted by Crippen LogP contribution is -2.33. The highest BCUT2D eigenvalue weighted by atomic mass is 16.1. The zero-order chi connectivity index (χ0) is 14.4. The van der Waals surface area contributed by atoms with Gasteiger partial charge in [0.05, 0.1) is 6.54 Å². The fraction of sp³-hybridized carbons (Fsp3) is 0.636. The predicted molar refractivity (Wildman–Crippen MR) is 74.9 cm³/mol. The summed E-state index contributed by atoms with van der Waals surface area (Å²) in [6, 6.07) is 0. The second kappa shape index (κ2) is 6.72. The minimum Gasteiger partial charge on any atom is -0.368 e. The third kappa shape index (κ3) is 5.36. The van der Waals surface area contributed by atoms with E-state index in [0.717, 1.165) is 0 Å². The maximum atomic E-state index is 11.5. The van der Waals surface area contributed by atoms with Gasteiger partial charge in [0, 0.05) is 20.6 Å². The number of nitrogens with one attached hydrogen (secondary N) is 2. The number of nitrogen functional groups attached to an aromatic ring is 1. The van der Waals surface area contributed by atoms with E-state index in [1.165, 1.54) is 0 Å². The molecule has 0 aliphatic rings. The molecule has 0 aliphatic carbocycles. The molecule has 0 saturated heterocycles. The SMILES string of the molecule is CC(C)CNC(=O)CNc1nc(N)nc(N(C)C)n1. The van der Waals surface area contributed by atoms with Gasteiger partial charge in [-0.15, -0.1) is 0 Å². The van der Waals surface area contributed by atoms with Gasteiger partial charge in [-0.1, -0.05) is 13.8 Å². The van der Waals surface area contributed by atoms with Gasteiger partial charge in [0.2, 0.25) is 23.8 Å². The number of hydrogen-bond acceptors (Lipinski definition) is 7. The molecule has 1 heterocycles. The van der Waals surface area contributed by atoms with Gasteiger partial charge < -0.3 is 21.3 Å². The lowest BCUT2D eigenvalue weighted by molar-refractivity contribution is -0.119. The first-order chi connectivity index (χ1) is 8.88. The van der Waals surface area contributed by atoms with E-state index in [2.05, 4.69) is 25.6 Å². The second-order valence-electron chi connectivity index (χ2n) is 4.76. The van der Waals surface area contributed by atoms with E-state index in [-0.39, 0.29) is 24.3 Å². The highest BCUT2D eigenvalue weighted by molar-refractivity contribution is 5.80. The molecule has 106 valence electrons. The summed E-state index contributed by atoms with van der Waals surface area (Å²) in [5.41, 5.74) is 5.57. The van der Waals surface area contributed by atoms with E-state index in [9.17, 15) is 4.79 Å². The normalized spacial score (nSPS) is 10.4. The van der Waals surface area contributed by atoms with Crippen molar-refractivity contribution in [2.24, 2.45) is 5.92 Å².